The highest BCUT2D eigenvalue weighted by molar-refractivity contribution is 5.81. The van der Waals surface area contributed by atoms with E-state index in [4.69, 9.17) is 14.6 Å². The quantitative estimate of drug-likeness (QED) is 0.404. The van der Waals surface area contributed by atoms with Gasteiger partial charge in [0.2, 0.25) is 0 Å². The van der Waals surface area contributed by atoms with Crippen molar-refractivity contribution in [3.8, 4) is 28.1 Å². The Hall–Kier alpha value is -3.26. The van der Waals surface area contributed by atoms with Gasteiger partial charge in [-0.2, -0.15) is 10.2 Å². The summed E-state index contributed by atoms with van der Waals surface area (Å²) in [7, 11) is 3.52. The van der Waals surface area contributed by atoms with Crippen molar-refractivity contribution < 1.29 is 9.47 Å². The molecule has 0 radical (unpaired) electrons. The predicted molar refractivity (Wildman–Crippen MR) is 125 cm³/mol. The van der Waals surface area contributed by atoms with Crippen LogP contribution in [0.25, 0.3) is 33.4 Å². The van der Waals surface area contributed by atoms with E-state index in [9.17, 15) is 0 Å². The molecule has 0 saturated heterocycles. The van der Waals surface area contributed by atoms with E-state index in [1.54, 1.807) is 11.8 Å². The van der Waals surface area contributed by atoms with Crippen LogP contribution >= 0.6 is 0 Å². The number of methoxy groups -OCH3 is 1. The number of aryl methyl sites for hydroxylation is 1. The molecule has 0 spiro atoms. The molecule has 0 N–H and O–H groups in total. The first-order valence-electron chi connectivity index (χ1n) is 11.6. The normalized spacial score (nSPS) is 22.2. The van der Waals surface area contributed by atoms with Crippen molar-refractivity contribution in [1.82, 2.24) is 29.8 Å². The van der Waals surface area contributed by atoms with Gasteiger partial charge in [0, 0.05) is 36.9 Å². The van der Waals surface area contributed by atoms with Crippen LogP contribution in [0.1, 0.15) is 38.1 Å². The van der Waals surface area contributed by atoms with E-state index < -0.39 is 0 Å². The molecule has 8 nitrogen and oxygen atoms in total. The molecule has 170 valence electrons. The van der Waals surface area contributed by atoms with Crippen molar-refractivity contribution in [2.45, 2.75) is 38.1 Å². The van der Waals surface area contributed by atoms with Gasteiger partial charge in [0.25, 0.3) is 0 Å². The lowest BCUT2D eigenvalue weighted by Gasteiger charge is -2.27. The van der Waals surface area contributed by atoms with E-state index in [1.807, 2.05) is 37.8 Å². The van der Waals surface area contributed by atoms with Gasteiger partial charge in [-0.15, -0.1) is 10.2 Å². The van der Waals surface area contributed by atoms with Crippen LogP contribution in [-0.4, -0.2) is 43.7 Å². The van der Waals surface area contributed by atoms with E-state index in [0.717, 1.165) is 45.3 Å². The van der Waals surface area contributed by atoms with Gasteiger partial charge in [-0.25, -0.2) is 4.68 Å². The Kier molecular flexibility index (Phi) is 5.10. The van der Waals surface area contributed by atoms with E-state index in [-0.39, 0.29) is 6.79 Å². The highest BCUT2D eigenvalue weighted by Gasteiger charge is 2.35. The number of hydrogen-bond acceptors (Lipinski definition) is 6. The molecule has 2 bridgehead atoms. The summed E-state index contributed by atoms with van der Waals surface area (Å²) in [5, 5.41) is 19.2. The molecular formula is C25H28N6O2. The molecule has 2 aliphatic rings. The van der Waals surface area contributed by atoms with Crippen LogP contribution in [0.5, 0.6) is 5.75 Å². The minimum Gasteiger partial charge on any atom is -0.467 e. The SMILES string of the molecule is COCOc1cc(-c2cnn(C)c2)ccc1-c1cc2cnn(C3CC4CC[C@@H](C4)C3)c2nn1. The first-order valence-corrected chi connectivity index (χ1v) is 11.6. The molecule has 3 heterocycles. The molecule has 2 saturated carbocycles. The zero-order valence-electron chi connectivity index (χ0n) is 19.0. The average molecular weight is 445 g/mol. The number of benzene rings is 1. The number of aromatic nitrogens is 6. The third-order valence-electron chi connectivity index (χ3n) is 7.18. The van der Waals surface area contributed by atoms with Crippen LogP contribution < -0.4 is 4.74 Å². The first-order chi connectivity index (χ1) is 16.2. The van der Waals surface area contributed by atoms with Gasteiger partial charge >= 0.3 is 0 Å². The lowest BCUT2D eigenvalue weighted by molar-refractivity contribution is 0.0515. The fraction of sp³-hybridized carbons (Fsp3) is 0.440. The van der Waals surface area contributed by atoms with E-state index in [0.29, 0.717) is 11.8 Å². The third-order valence-corrected chi connectivity index (χ3v) is 7.18. The third kappa shape index (κ3) is 3.78. The standard InChI is InChI=1S/C25H28N6O2/c1-30-14-20(13-26-30)18-5-6-22(24(11-18)33-15-32-2)23-10-19-12-27-31(25(19)29-28-23)21-8-16-3-4-17(7-16)9-21/h5-6,10-14,16-17,21H,3-4,7-9,15H2,1-2H3/t16-,17?,21?/m0/s1. The topological polar surface area (TPSA) is 79.9 Å². The Morgan fingerprint density at radius 2 is 1.82 bits per heavy atom. The first kappa shape index (κ1) is 20.4. The Morgan fingerprint density at radius 3 is 2.58 bits per heavy atom. The van der Waals surface area contributed by atoms with Crippen molar-refractivity contribution in [1.29, 1.82) is 0 Å². The van der Waals surface area contributed by atoms with Crippen LogP contribution in [0, 0.1) is 11.8 Å². The smallest absolute Gasteiger partial charge is 0.188 e. The molecule has 0 amide bonds. The van der Waals surface area contributed by atoms with E-state index in [1.165, 1.54) is 32.1 Å². The lowest BCUT2D eigenvalue weighted by atomic mass is 9.85. The van der Waals surface area contributed by atoms with Crippen LogP contribution in [-0.2, 0) is 11.8 Å². The molecule has 4 aromatic rings. The van der Waals surface area contributed by atoms with Crippen molar-refractivity contribution in [2.75, 3.05) is 13.9 Å². The maximum absolute atomic E-state index is 5.91. The largest absolute Gasteiger partial charge is 0.467 e. The summed E-state index contributed by atoms with van der Waals surface area (Å²) in [5.41, 5.74) is 4.55. The Morgan fingerprint density at radius 1 is 0.970 bits per heavy atom. The molecule has 3 aromatic heterocycles. The summed E-state index contributed by atoms with van der Waals surface area (Å²) in [6.45, 7) is 0.154. The van der Waals surface area contributed by atoms with Crippen molar-refractivity contribution in [2.24, 2.45) is 18.9 Å². The molecule has 2 fully saturated rings. The summed E-state index contributed by atoms with van der Waals surface area (Å²) >= 11 is 0. The van der Waals surface area contributed by atoms with E-state index >= 15 is 0 Å². The Balaban J connectivity index is 1.35. The number of nitrogens with zero attached hydrogens (tertiary/aromatic N) is 6. The molecule has 1 aromatic carbocycles. The highest BCUT2D eigenvalue weighted by atomic mass is 16.7. The second-order valence-electron chi connectivity index (χ2n) is 9.43. The molecule has 3 atom stereocenters. The van der Waals surface area contributed by atoms with Crippen LogP contribution in [0.4, 0.5) is 0 Å². The number of hydrogen-bond donors (Lipinski definition) is 0. The maximum Gasteiger partial charge on any atom is 0.188 e. The monoisotopic (exact) mass is 444 g/mol. The number of rotatable bonds is 6. The van der Waals surface area contributed by atoms with Gasteiger partial charge in [-0.05, 0) is 54.9 Å². The zero-order valence-corrected chi connectivity index (χ0v) is 19.0. The summed E-state index contributed by atoms with van der Waals surface area (Å²) < 4.78 is 15.0. The Labute approximate surface area is 192 Å². The van der Waals surface area contributed by atoms with E-state index in [2.05, 4.69) is 32.1 Å². The van der Waals surface area contributed by atoms with Gasteiger partial charge in [-0.1, -0.05) is 18.9 Å². The molecule has 33 heavy (non-hydrogen) atoms. The molecular weight excluding hydrogens is 416 g/mol. The van der Waals surface area contributed by atoms with Crippen molar-refractivity contribution >= 4 is 11.0 Å². The van der Waals surface area contributed by atoms with Gasteiger partial charge in [-0.3, -0.25) is 4.68 Å². The fourth-order valence-corrected chi connectivity index (χ4v) is 5.65. The van der Waals surface area contributed by atoms with Crippen LogP contribution in [0.2, 0.25) is 0 Å². The van der Waals surface area contributed by atoms with Gasteiger partial charge in [0.1, 0.15) is 5.75 Å². The van der Waals surface area contributed by atoms with Gasteiger partial charge in [0.15, 0.2) is 12.4 Å². The molecule has 2 unspecified atom stereocenters. The second-order valence-corrected chi connectivity index (χ2v) is 9.43. The number of ether oxygens (including phenoxy) is 2. The minimum absolute atomic E-state index is 0.154. The number of fused-ring (bicyclic) bond motifs is 3. The van der Waals surface area contributed by atoms with Crippen LogP contribution in [0.15, 0.2) is 42.9 Å². The highest BCUT2D eigenvalue weighted by Crippen LogP contribution is 2.46. The Bertz CT molecular complexity index is 1280. The van der Waals surface area contributed by atoms with Gasteiger partial charge in [0.05, 0.1) is 24.1 Å². The maximum atomic E-state index is 5.91. The molecule has 0 aliphatic heterocycles. The minimum atomic E-state index is 0.154. The zero-order chi connectivity index (χ0) is 22.4. The van der Waals surface area contributed by atoms with Crippen molar-refractivity contribution in [3.63, 3.8) is 0 Å². The summed E-state index contributed by atoms with van der Waals surface area (Å²) in [6, 6.07) is 8.57. The predicted octanol–water partition coefficient (Wildman–Crippen LogP) is 4.63. The van der Waals surface area contributed by atoms with Crippen LogP contribution in [0.3, 0.4) is 0 Å². The molecule has 2 aliphatic carbocycles. The second kappa shape index (κ2) is 8.26. The molecule has 6 rings (SSSR count). The van der Waals surface area contributed by atoms with Gasteiger partial charge < -0.3 is 9.47 Å². The summed E-state index contributed by atoms with van der Waals surface area (Å²) in [4.78, 5) is 0. The fourth-order valence-electron chi connectivity index (χ4n) is 5.65. The lowest BCUT2D eigenvalue weighted by Crippen LogP contribution is -2.20. The summed E-state index contributed by atoms with van der Waals surface area (Å²) in [5.74, 6) is 2.39. The summed E-state index contributed by atoms with van der Waals surface area (Å²) in [6.07, 6.45) is 12.3. The van der Waals surface area contributed by atoms with Crippen molar-refractivity contribution in [3.05, 3.63) is 42.9 Å². The molecule has 8 heteroatoms. The average Bonchev–Trinajstić information content (AvgIpc) is 3.55.